The molecule has 0 aliphatic heterocycles. The molecule has 0 aliphatic rings. The minimum Gasteiger partial charge on any atom is -0.504 e. The van der Waals surface area contributed by atoms with Gasteiger partial charge in [-0.3, -0.25) is 0 Å². The van der Waals surface area contributed by atoms with E-state index in [2.05, 4.69) is 0 Å². The number of benzene rings is 1. The highest BCUT2D eigenvalue weighted by molar-refractivity contribution is 7.78. The summed E-state index contributed by atoms with van der Waals surface area (Å²) in [6.45, 7) is 0. The first-order valence-electron chi connectivity index (χ1n) is 3.57. The smallest absolute Gasteiger partial charge is 0.160 e. The van der Waals surface area contributed by atoms with E-state index in [0.717, 1.165) is 0 Å². The van der Waals surface area contributed by atoms with Crippen molar-refractivity contribution in [3.8, 4) is 11.5 Å². The predicted octanol–water partition coefficient (Wildman–Crippen LogP) is 1.12. The van der Waals surface area contributed by atoms with Crippen LogP contribution in [0.5, 0.6) is 11.5 Å². The molecule has 0 bridgehead atoms. The molecule has 1 aromatic carbocycles. The molecule has 0 heterocycles. The fourth-order valence-electron chi connectivity index (χ4n) is 0.954. The fourth-order valence-corrected chi connectivity index (χ4v) is 1.42. The third-order valence-corrected chi connectivity index (χ3v) is 2.11. The molecule has 0 aliphatic carbocycles. The Kier molecular flexibility index (Phi) is 3.27. The second-order valence-electron chi connectivity index (χ2n) is 2.47. The van der Waals surface area contributed by atoms with Gasteiger partial charge in [0.05, 0.1) is 12.9 Å². The van der Waals surface area contributed by atoms with Gasteiger partial charge in [0.25, 0.3) is 0 Å². The zero-order valence-electron chi connectivity index (χ0n) is 7.06. The summed E-state index contributed by atoms with van der Waals surface area (Å²) in [4.78, 5) is 0. The predicted molar refractivity (Wildman–Crippen MR) is 49.1 cm³/mol. The summed E-state index contributed by atoms with van der Waals surface area (Å²) in [6, 6.07) is 4.54. The van der Waals surface area contributed by atoms with E-state index in [1.807, 2.05) is 0 Å². The van der Waals surface area contributed by atoms with Crippen LogP contribution in [0.25, 0.3) is 0 Å². The average Bonchev–Trinajstić information content (AvgIpc) is 2.07. The Hall–Kier alpha value is -1.07. The van der Waals surface area contributed by atoms with Crippen molar-refractivity contribution in [2.75, 3.05) is 7.11 Å². The first kappa shape index (κ1) is 10.0. The first-order chi connectivity index (χ1) is 6.13. The lowest BCUT2D eigenvalue weighted by molar-refractivity contribution is 0.373. The quantitative estimate of drug-likeness (QED) is 0.721. The fraction of sp³-hybridized carbons (Fsp3) is 0.250. The van der Waals surface area contributed by atoms with E-state index in [9.17, 15) is 9.32 Å². The Morgan fingerprint density at radius 3 is 2.77 bits per heavy atom. The van der Waals surface area contributed by atoms with Gasteiger partial charge in [-0.25, -0.2) is 4.21 Å². The molecule has 0 spiro atoms. The SMILES string of the molecule is COc1cc(CS(=O)O)ccc1O. The number of hydrogen-bond acceptors (Lipinski definition) is 3. The zero-order valence-corrected chi connectivity index (χ0v) is 7.87. The van der Waals surface area contributed by atoms with Crippen LogP contribution in [0.2, 0.25) is 0 Å². The highest BCUT2D eigenvalue weighted by Crippen LogP contribution is 2.26. The van der Waals surface area contributed by atoms with E-state index in [1.165, 1.54) is 19.2 Å². The molecular formula is C8H10O4S. The van der Waals surface area contributed by atoms with E-state index in [-0.39, 0.29) is 11.5 Å². The maximum absolute atomic E-state index is 10.5. The standard InChI is InChI=1S/C8H10O4S/c1-12-8-4-6(5-13(10)11)2-3-7(8)9/h2-4,9H,5H2,1H3,(H,10,11). The molecule has 0 radical (unpaired) electrons. The summed E-state index contributed by atoms with van der Waals surface area (Å²) in [5.74, 6) is 0.370. The molecule has 5 heteroatoms. The summed E-state index contributed by atoms with van der Waals surface area (Å²) in [5.41, 5.74) is 0.649. The van der Waals surface area contributed by atoms with Crippen LogP contribution >= 0.6 is 0 Å². The molecule has 13 heavy (non-hydrogen) atoms. The number of ether oxygens (including phenoxy) is 1. The molecular weight excluding hydrogens is 192 g/mol. The van der Waals surface area contributed by atoms with Gasteiger partial charge in [0.15, 0.2) is 22.6 Å². The molecule has 72 valence electrons. The molecule has 0 saturated heterocycles. The zero-order chi connectivity index (χ0) is 9.84. The number of methoxy groups -OCH3 is 1. The maximum Gasteiger partial charge on any atom is 0.160 e. The summed E-state index contributed by atoms with van der Waals surface area (Å²) in [5, 5.41) is 9.21. The highest BCUT2D eigenvalue weighted by atomic mass is 32.2. The van der Waals surface area contributed by atoms with Gasteiger partial charge in [-0.05, 0) is 17.7 Å². The molecule has 1 aromatic rings. The second-order valence-corrected chi connectivity index (χ2v) is 3.40. The van der Waals surface area contributed by atoms with Gasteiger partial charge in [-0.2, -0.15) is 0 Å². The van der Waals surface area contributed by atoms with E-state index < -0.39 is 11.1 Å². The van der Waals surface area contributed by atoms with Crippen LogP contribution < -0.4 is 4.74 Å². The van der Waals surface area contributed by atoms with Gasteiger partial charge in [0.2, 0.25) is 0 Å². The minimum atomic E-state index is -1.87. The third-order valence-electron chi connectivity index (χ3n) is 1.53. The topological polar surface area (TPSA) is 66.8 Å². The van der Waals surface area contributed by atoms with Crippen LogP contribution in [-0.4, -0.2) is 21.0 Å². The molecule has 2 N–H and O–H groups in total. The third kappa shape index (κ3) is 2.71. The van der Waals surface area contributed by atoms with Gasteiger partial charge in [-0.1, -0.05) is 6.07 Å². The van der Waals surface area contributed by atoms with Crippen molar-refractivity contribution in [1.29, 1.82) is 0 Å². The van der Waals surface area contributed by atoms with Crippen LogP contribution in [0.15, 0.2) is 18.2 Å². The van der Waals surface area contributed by atoms with Crippen molar-refractivity contribution in [1.82, 2.24) is 0 Å². The molecule has 0 saturated carbocycles. The normalized spacial score (nSPS) is 12.5. The molecule has 0 fully saturated rings. The van der Waals surface area contributed by atoms with Crippen LogP contribution in [0.1, 0.15) is 5.56 Å². The molecule has 1 rings (SSSR count). The first-order valence-corrected chi connectivity index (χ1v) is 4.84. The monoisotopic (exact) mass is 202 g/mol. The largest absolute Gasteiger partial charge is 0.504 e. The van der Waals surface area contributed by atoms with E-state index in [0.29, 0.717) is 11.3 Å². The van der Waals surface area contributed by atoms with Gasteiger partial charge < -0.3 is 14.4 Å². The summed E-state index contributed by atoms with van der Waals surface area (Å²) in [6.07, 6.45) is 0. The number of phenols is 1. The Labute approximate surface area is 78.4 Å². The van der Waals surface area contributed by atoms with Crippen molar-refractivity contribution in [3.63, 3.8) is 0 Å². The van der Waals surface area contributed by atoms with Crippen LogP contribution in [0.3, 0.4) is 0 Å². The Morgan fingerprint density at radius 1 is 1.54 bits per heavy atom. The van der Waals surface area contributed by atoms with Crippen molar-refractivity contribution in [2.45, 2.75) is 5.75 Å². The van der Waals surface area contributed by atoms with Crippen LogP contribution in [0, 0.1) is 0 Å². The summed E-state index contributed by atoms with van der Waals surface area (Å²) >= 11 is -1.87. The maximum atomic E-state index is 10.5. The number of rotatable bonds is 3. The molecule has 4 nitrogen and oxygen atoms in total. The highest BCUT2D eigenvalue weighted by Gasteiger charge is 2.04. The van der Waals surface area contributed by atoms with Crippen LogP contribution in [-0.2, 0) is 16.8 Å². The van der Waals surface area contributed by atoms with Gasteiger partial charge in [0.1, 0.15) is 0 Å². The molecule has 0 amide bonds. The Morgan fingerprint density at radius 2 is 2.23 bits per heavy atom. The Balaban J connectivity index is 2.92. The summed E-state index contributed by atoms with van der Waals surface area (Å²) < 4.78 is 23.9. The number of aromatic hydroxyl groups is 1. The lowest BCUT2D eigenvalue weighted by Crippen LogP contribution is -1.93. The van der Waals surface area contributed by atoms with Crippen molar-refractivity contribution in [2.24, 2.45) is 0 Å². The lowest BCUT2D eigenvalue weighted by atomic mass is 10.2. The molecule has 0 aromatic heterocycles. The average molecular weight is 202 g/mol. The van der Waals surface area contributed by atoms with Crippen molar-refractivity contribution >= 4 is 11.1 Å². The molecule has 1 atom stereocenters. The van der Waals surface area contributed by atoms with Crippen LogP contribution in [0.4, 0.5) is 0 Å². The van der Waals surface area contributed by atoms with Gasteiger partial charge in [0, 0.05) is 0 Å². The van der Waals surface area contributed by atoms with Gasteiger partial charge >= 0.3 is 0 Å². The van der Waals surface area contributed by atoms with E-state index in [4.69, 9.17) is 9.29 Å². The minimum absolute atomic E-state index is 0.0231. The van der Waals surface area contributed by atoms with Crippen molar-refractivity contribution in [3.05, 3.63) is 23.8 Å². The summed E-state index contributed by atoms with van der Waals surface area (Å²) in [7, 11) is 1.43. The van der Waals surface area contributed by atoms with Gasteiger partial charge in [-0.15, -0.1) is 0 Å². The lowest BCUT2D eigenvalue weighted by Gasteiger charge is -2.04. The van der Waals surface area contributed by atoms with E-state index >= 15 is 0 Å². The molecule has 1 unspecified atom stereocenters. The number of phenolic OH excluding ortho intramolecular Hbond substituents is 1. The van der Waals surface area contributed by atoms with Crippen molar-refractivity contribution < 1.29 is 18.6 Å². The second kappa shape index (κ2) is 4.25. The Bertz CT molecular complexity index is 324. The number of hydrogen-bond donors (Lipinski definition) is 2. The van der Waals surface area contributed by atoms with E-state index in [1.54, 1.807) is 6.07 Å².